The lowest BCUT2D eigenvalue weighted by Crippen LogP contribution is -1.90. The van der Waals surface area contributed by atoms with Gasteiger partial charge < -0.3 is 0 Å². The minimum atomic E-state index is 1.12. The first-order valence-electron chi connectivity index (χ1n) is 7.52. The molecule has 0 spiro atoms. The minimum Gasteiger partial charge on any atom is -0.0616 e. The van der Waals surface area contributed by atoms with Crippen molar-refractivity contribution in [2.75, 3.05) is 0 Å². The second kappa shape index (κ2) is 5.77. The fourth-order valence-electron chi connectivity index (χ4n) is 3.21. The van der Waals surface area contributed by atoms with Crippen molar-refractivity contribution in [1.82, 2.24) is 0 Å². The molecular formula is C21H14Br2. The molecule has 4 rings (SSSR count). The Balaban J connectivity index is 2.24. The molecule has 0 amide bonds. The van der Waals surface area contributed by atoms with E-state index in [9.17, 15) is 0 Å². The Morgan fingerprint density at radius 3 is 2.00 bits per heavy atom. The molecule has 0 heterocycles. The summed E-state index contributed by atoms with van der Waals surface area (Å²) >= 11 is 7.61. The quantitative estimate of drug-likeness (QED) is 0.296. The molecule has 112 valence electrons. The third kappa shape index (κ3) is 2.41. The normalized spacial score (nSPS) is 11.3. The van der Waals surface area contributed by atoms with Gasteiger partial charge in [-0.05, 0) is 56.0 Å². The van der Waals surface area contributed by atoms with Crippen LogP contribution in [0.4, 0.5) is 0 Å². The molecule has 0 saturated carbocycles. The Labute approximate surface area is 152 Å². The lowest BCUT2D eigenvalue weighted by molar-refractivity contribution is 1.46. The molecule has 0 saturated heterocycles. The monoisotopic (exact) mass is 424 g/mol. The molecular weight excluding hydrogens is 412 g/mol. The standard InChI is InChI=1S/C21H14Br2/c1-13-12-15-7-3-5-9-17(15)20(21(13)23)19-16-8-4-2-6-14(16)10-11-18(19)22/h2-12H,1H3. The molecule has 0 fully saturated rings. The highest BCUT2D eigenvalue weighted by atomic mass is 79.9. The van der Waals surface area contributed by atoms with E-state index in [2.05, 4.69) is 106 Å². The second-order valence-electron chi connectivity index (χ2n) is 5.75. The van der Waals surface area contributed by atoms with E-state index in [-0.39, 0.29) is 0 Å². The average Bonchev–Trinajstić information content (AvgIpc) is 2.57. The maximum Gasteiger partial charge on any atom is 0.0290 e. The molecule has 0 atom stereocenters. The number of rotatable bonds is 1. The van der Waals surface area contributed by atoms with Gasteiger partial charge in [0.05, 0.1) is 0 Å². The van der Waals surface area contributed by atoms with Gasteiger partial charge in [0, 0.05) is 20.1 Å². The maximum atomic E-state index is 3.84. The predicted octanol–water partition coefficient (Wildman–Crippen LogP) is 7.49. The van der Waals surface area contributed by atoms with Crippen LogP contribution in [0.3, 0.4) is 0 Å². The second-order valence-corrected chi connectivity index (χ2v) is 7.39. The van der Waals surface area contributed by atoms with Gasteiger partial charge in [-0.25, -0.2) is 0 Å². The fraction of sp³-hybridized carbons (Fsp3) is 0.0476. The van der Waals surface area contributed by atoms with Gasteiger partial charge in [0.15, 0.2) is 0 Å². The molecule has 4 aromatic carbocycles. The topological polar surface area (TPSA) is 0 Å². The van der Waals surface area contributed by atoms with Gasteiger partial charge in [-0.1, -0.05) is 76.6 Å². The van der Waals surface area contributed by atoms with Gasteiger partial charge in [0.1, 0.15) is 0 Å². The molecule has 0 aromatic heterocycles. The van der Waals surface area contributed by atoms with Crippen LogP contribution in [0.25, 0.3) is 32.7 Å². The SMILES string of the molecule is Cc1cc2ccccc2c(-c2c(Br)ccc3ccccc23)c1Br. The summed E-state index contributed by atoms with van der Waals surface area (Å²) in [5, 5.41) is 5.05. The summed E-state index contributed by atoms with van der Waals surface area (Å²) in [5.74, 6) is 0. The van der Waals surface area contributed by atoms with E-state index in [4.69, 9.17) is 0 Å². The Kier molecular flexibility index (Phi) is 3.74. The molecule has 4 aromatic rings. The molecule has 0 nitrogen and oxygen atoms in total. The van der Waals surface area contributed by atoms with E-state index in [0.717, 1.165) is 8.95 Å². The highest BCUT2D eigenvalue weighted by Gasteiger charge is 2.16. The molecule has 2 heteroatoms. The zero-order chi connectivity index (χ0) is 16.0. The summed E-state index contributed by atoms with van der Waals surface area (Å²) in [6.45, 7) is 2.15. The first-order valence-corrected chi connectivity index (χ1v) is 9.11. The molecule has 0 unspecified atom stereocenters. The van der Waals surface area contributed by atoms with Crippen molar-refractivity contribution in [1.29, 1.82) is 0 Å². The smallest absolute Gasteiger partial charge is 0.0290 e. The van der Waals surface area contributed by atoms with Crippen LogP contribution in [0.1, 0.15) is 5.56 Å². The van der Waals surface area contributed by atoms with Crippen molar-refractivity contribution in [2.45, 2.75) is 6.92 Å². The van der Waals surface area contributed by atoms with Gasteiger partial charge in [-0.2, -0.15) is 0 Å². The molecule has 0 bridgehead atoms. The first-order chi connectivity index (χ1) is 11.2. The molecule has 0 aliphatic carbocycles. The Hall–Kier alpha value is -1.64. The van der Waals surface area contributed by atoms with Gasteiger partial charge >= 0.3 is 0 Å². The minimum absolute atomic E-state index is 1.12. The van der Waals surface area contributed by atoms with Crippen LogP contribution in [-0.4, -0.2) is 0 Å². The van der Waals surface area contributed by atoms with Crippen molar-refractivity contribution in [3.05, 3.63) is 81.2 Å². The molecule has 0 radical (unpaired) electrons. The Morgan fingerprint density at radius 1 is 0.652 bits per heavy atom. The molecule has 23 heavy (non-hydrogen) atoms. The maximum absolute atomic E-state index is 3.84. The summed E-state index contributed by atoms with van der Waals surface area (Å²) in [6, 6.07) is 23.7. The van der Waals surface area contributed by atoms with E-state index >= 15 is 0 Å². The summed E-state index contributed by atoms with van der Waals surface area (Å²) in [6.07, 6.45) is 0. The largest absolute Gasteiger partial charge is 0.0616 e. The molecule has 0 aliphatic heterocycles. The molecule has 0 aliphatic rings. The van der Waals surface area contributed by atoms with Crippen molar-refractivity contribution < 1.29 is 0 Å². The van der Waals surface area contributed by atoms with E-state index in [1.165, 1.54) is 38.2 Å². The van der Waals surface area contributed by atoms with Gasteiger partial charge in [-0.15, -0.1) is 0 Å². The Morgan fingerprint density at radius 2 is 1.26 bits per heavy atom. The lowest BCUT2D eigenvalue weighted by atomic mass is 9.92. The highest BCUT2D eigenvalue weighted by molar-refractivity contribution is 9.11. The van der Waals surface area contributed by atoms with Crippen LogP contribution in [0.15, 0.2) is 75.7 Å². The van der Waals surface area contributed by atoms with Crippen molar-refractivity contribution in [2.24, 2.45) is 0 Å². The van der Waals surface area contributed by atoms with Crippen LogP contribution in [0.2, 0.25) is 0 Å². The summed E-state index contributed by atoms with van der Waals surface area (Å²) < 4.78 is 2.28. The van der Waals surface area contributed by atoms with E-state index < -0.39 is 0 Å². The summed E-state index contributed by atoms with van der Waals surface area (Å²) in [5.41, 5.74) is 3.75. The van der Waals surface area contributed by atoms with Crippen LogP contribution >= 0.6 is 31.9 Å². The van der Waals surface area contributed by atoms with Gasteiger partial charge in [-0.3, -0.25) is 0 Å². The van der Waals surface area contributed by atoms with Crippen molar-refractivity contribution in [3.8, 4) is 11.1 Å². The molecule has 0 N–H and O–H groups in total. The van der Waals surface area contributed by atoms with E-state index in [1.54, 1.807) is 0 Å². The number of hydrogen-bond donors (Lipinski definition) is 0. The fourth-order valence-corrected chi connectivity index (χ4v) is 4.28. The van der Waals surface area contributed by atoms with E-state index in [0.29, 0.717) is 0 Å². The average molecular weight is 426 g/mol. The number of hydrogen-bond acceptors (Lipinski definition) is 0. The van der Waals surface area contributed by atoms with Crippen molar-refractivity contribution >= 4 is 53.4 Å². The Bertz CT molecular complexity index is 1050. The zero-order valence-corrected chi connectivity index (χ0v) is 15.8. The number of aryl methyl sites for hydroxylation is 1. The zero-order valence-electron chi connectivity index (χ0n) is 12.6. The van der Waals surface area contributed by atoms with Gasteiger partial charge in [0.25, 0.3) is 0 Å². The van der Waals surface area contributed by atoms with Crippen LogP contribution in [0, 0.1) is 6.92 Å². The lowest BCUT2D eigenvalue weighted by Gasteiger charge is -2.16. The van der Waals surface area contributed by atoms with Crippen LogP contribution < -0.4 is 0 Å². The summed E-state index contributed by atoms with van der Waals surface area (Å²) in [7, 11) is 0. The third-order valence-corrected chi connectivity index (χ3v) is 5.98. The van der Waals surface area contributed by atoms with Crippen molar-refractivity contribution in [3.63, 3.8) is 0 Å². The van der Waals surface area contributed by atoms with Gasteiger partial charge in [0.2, 0.25) is 0 Å². The van der Waals surface area contributed by atoms with Crippen LogP contribution in [0.5, 0.6) is 0 Å². The number of halogens is 2. The third-order valence-electron chi connectivity index (χ3n) is 4.30. The van der Waals surface area contributed by atoms with E-state index in [1.807, 2.05) is 0 Å². The predicted molar refractivity (Wildman–Crippen MR) is 107 cm³/mol. The number of benzene rings is 4. The first kappa shape index (κ1) is 14.9. The van der Waals surface area contributed by atoms with Crippen LogP contribution in [-0.2, 0) is 0 Å². The number of fused-ring (bicyclic) bond motifs is 2. The highest BCUT2D eigenvalue weighted by Crippen LogP contribution is 2.44. The summed E-state index contributed by atoms with van der Waals surface area (Å²) in [4.78, 5) is 0.